The van der Waals surface area contributed by atoms with Gasteiger partial charge in [-0.1, -0.05) is 0 Å². The van der Waals surface area contributed by atoms with Crippen molar-refractivity contribution in [3.63, 3.8) is 0 Å². The molecule has 4 nitrogen and oxygen atoms in total. The molecule has 0 saturated carbocycles. The van der Waals surface area contributed by atoms with Crippen LogP contribution in [0.5, 0.6) is 0 Å². The molecule has 0 bridgehead atoms. The monoisotopic (exact) mass is 237 g/mol. The molecule has 0 aromatic carbocycles. The van der Waals surface area contributed by atoms with Gasteiger partial charge in [0.2, 0.25) is 0 Å². The number of likely N-dealkylation sites (tertiary alicyclic amines) is 1. The molecular formula is C13H19NO3. The van der Waals surface area contributed by atoms with Gasteiger partial charge in [0.15, 0.2) is 0 Å². The van der Waals surface area contributed by atoms with E-state index >= 15 is 0 Å². The highest BCUT2D eigenvalue weighted by Crippen LogP contribution is 2.22. The Morgan fingerprint density at radius 3 is 3.18 bits per heavy atom. The zero-order chi connectivity index (χ0) is 12.1. The van der Waals surface area contributed by atoms with Crippen molar-refractivity contribution in [3.8, 4) is 0 Å². The van der Waals surface area contributed by atoms with Crippen molar-refractivity contribution < 1.29 is 14.3 Å². The Morgan fingerprint density at radius 2 is 2.47 bits per heavy atom. The number of hydrogen-bond acceptors (Lipinski definition) is 3. The van der Waals surface area contributed by atoms with Crippen molar-refractivity contribution in [2.24, 2.45) is 5.92 Å². The van der Waals surface area contributed by atoms with Gasteiger partial charge in [-0.15, -0.1) is 0 Å². The van der Waals surface area contributed by atoms with Crippen LogP contribution in [0.15, 0.2) is 23.0 Å². The first kappa shape index (κ1) is 12.2. The minimum absolute atomic E-state index is 0.296. The Morgan fingerprint density at radius 1 is 1.59 bits per heavy atom. The van der Waals surface area contributed by atoms with Gasteiger partial charge < -0.3 is 9.52 Å². The quantitative estimate of drug-likeness (QED) is 0.854. The largest absolute Gasteiger partial charge is 0.481 e. The average Bonchev–Trinajstić information content (AvgIpc) is 2.80. The summed E-state index contributed by atoms with van der Waals surface area (Å²) in [7, 11) is 0. The molecule has 0 radical (unpaired) electrons. The third-order valence-corrected chi connectivity index (χ3v) is 3.36. The number of piperidine rings is 1. The van der Waals surface area contributed by atoms with Crippen LogP contribution in [0.25, 0.3) is 0 Å². The second-order valence-corrected chi connectivity index (χ2v) is 4.81. The second kappa shape index (κ2) is 5.87. The molecule has 17 heavy (non-hydrogen) atoms. The van der Waals surface area contributed by atoms with Crippen molar-refractivity contribution in [2.75, 3.05) is 13.1 Å². The Hall–Kier alpha value is -1.29. The Labute approximate surface area is 101 Å². The molecule has 94 valence electrons. The molecule has 1 aliphatic rings. The summed E-state index contributed by atoms with van der Waals surface area (Å²) in [5, 5.41) is 8.69. The number of nitrogens with zero attached hydrogens (tertiary/aromatic N) is 1. The highest BCUT2D eigenvalue weighted by molar-refractivity contribution is 5.66. The summed E-state index contributed by atoms with van der Waals surface area (Å²) in [6.45, 7) is 3.04. The summed E-state index contributed by atoms with van der Waals surface area (Å²) < 4.78 is 5.06. The highest BCUT2D eigenvalue weighted by Gasteiger charge is 2.20. The summed E-state index contributed by atoms with van der Waals surface area (Å²) >= 11 is 0. The molecular weight excluding hydrogens is 218 g/mol. The number of aliphatic carboxylic acids is 1. The third-order valence-electron chi connectivity index (χ3n) is 3.36. The van der Waals surface area contributed by atoms with Crippen LogP contribution in [-0.4, -0.2) is 29.1 Å². The van der Waals surface area contributed by atoms with Crippen molar-refractivity contribution in [2.45, 2.75) is 32.2 Å². The van der Waals surface area contributed by atoms with E-state index < -0.39 is 5.97 Å². The van der Waals surface area contributed by atoms with Gasteiger partial charge in [-0.25, -0.2) is 0 Å². The fourth-order valence-corrected chi connectivity index (χ4v) is 2.50. The van der Waals surface area contributed by atoms with Crippen LogP contribution in [0.2, 0.25) is 0 Å². The molecule has 2 rings (SSSR count). The maximum atomic E-state index is 10.6. The first-order valence-corrected chi connectivity index (χ1v) is 6.19. The van der Waals surface area contributed by atoms with Crippen LogP contribution in [0.3, 0.4) is 0 Å². The van der Waals surface area contributed by atoms with E-state index in [4.69, 9.17) is 9.52 Å². The maximum absolute atomic E-state index is 10.6. The average molecular weight is 237 g/mol. The molecule has 2 heterocycles. The van der Waals surface area contributed by atoms with Crippen molar-refractivity contribution in [1.29, 1.82) is 0 Å². The number of furan rings is 1. The van der Waals surface area contributed by atoms with Gasteiger partial charge in [0.1, 0.15) is 0 Å². The van der Waals surface area contributed by atoms with Crippen molar-refractivity contribution in [1.82, 2.24) is 4.90 Å². The molecule has 1 aromatic rings. The molecule has 1 unspecified atom stereocenters. The Bertz CT molecular complexity index is 348. The summed E-state index contributed by atoms with van der Waals surface area (Å²) in [6.07, 6.45) is 6.90. The number of rotatable bonds is 5. The lowest BCUT2D eigenvalue weighted by molar-refractivity contribution is -0.137. The standard InChI is InChI=1S/C13H19NO3/c15-13(16)4-3-11-2-1-6-14(8-11)9-12-5-7-17-10-12/h5,7,10-11H,1-4,6,8-9H2,(H,15,16). The van der Waals surface area contributed by atoms with E-state index in [1.54, 1.807) is 12.5 Å². The number of carboxylic acids is 1. The van der Waals surface area contributed by atoms with Gasteiger partial charge in [-0.2, -0.15) is 0 Å². The van der Waals surface area contributed by atoms with Gasteiger partial charge in [0.05, 0.1) is 12.5 Å². The summed E-state index contributed by atoms with van der Waals surface area (Å²) in [6, 6.07) is 1.99. The molecule has 0 amide bonds. The van der Waals surface area contributed by atoms with Crippen LogP contribution >= 0.6 is 0 Å². The molecule has 0 aliphatic carbocycles. The molecule has 1 N–H and O–H groups in total. The van der Waals surface area contributed by atoms with Crippen molar-refractivity contribution in [3.05, 3.63) is 24.2 Å². The number of carboxylic acid groups (broad SMARTS) is 1. The molecule has 1 aliphatic heterocycles. The molecule has 1 aromatic heterocycles. The fourth-order valence-electron chi connectivity index (χ4n) is 2.50. The zero-order valence-corrected chi connectivity index (χ0v) is 9.97. The van der Waals surface area contributed by atoms with E-state index in [0.29, 0.717) is 12.3 Å². The molecule has 1 saturated heterocycles. The van der Waals surface area contributed by atoms with Gasteiger partial charge in [-0.05, 0) is 37.8 Å². The number of carbonyl (C=O) groups is 1. The van der Waals surface area contributed by atoms with E-state index in [2.05, 4.69) is 4.90 Å². The van der Waals surface area contributed by atoms with E-state index in [0.717, 1.165) is 32.5 Å². The highest BCUT2D eigenvalue weighted by atomic mass is 16.4. The van der Waals surface area contributed by atoms with Crippen LogP contribution in [0.1, 0.15) is 31.2 Å². The third kappa shape index (κ3) is 3.89. The molecule has 4 heteroatoms. The minimum atomic E-state index is -0.683. The topological polar surface area (TPSA) is 53.7 Å². The van der Waals surface area contributed by atoms with Gasteiger partial charge in [0.25, 0.3) is 0 Å². The summed E-state index contributed by atoms with van der Waals surface area (Å²) in [5.74, 6) is -0.149. The summed E-state index contributed by atoms with van der Waals surface area (Å²) in [4.78, 5) is 12.9. The summed E-state index contributed by atoms with van der Waals surface area (Å²) in [5.41, 5.74) is 1.20. The van der Waals surface area contributed by atoms with E-state index in [1.807, 2.05) is 6.07 Å². The first-order chi connectivity index (χ1) is 8.24. The van der Waals surface area contributed by atoms with Gasteiger partial charge in [-0.3, -0.25) is 9.69 Å². The van der Waals surface area contributed by atoms with Crippen molar-refractivity contribution >= 4 is 5.97 Å². The lowest BCUT2D eigenvalue weighted by Crippen LogP contribution is -2.35. The van der Waals surface area contributed by atoms with Gasteiger partial charge in [0, 0.05) is 25.1 Å². The lowest BCUT2D eigenvalue weighted by atomic mass is 9.93. The van der Waals surface area contributed by atoms with E-state index in [9.17, 15) is 4.79 Å². The molecule has 1 atom stereocenters. The van der Waals surface area contributed by atoms with E-state index in [1.165, 1.54) is 12.0 Å². The van der Waals surface area contributed by atoms with Crippen LogP contribution < -0.4 is 0 Å². The predicted octanol–water partition coefficient (Wildman–Crippen LogP) is 2.36. The second-order valence-electron chi connectivity index (χ2n) is 4.81. The number of hydrogen-bond donors (Lipinski definition) is 1. The first-order valence-electron chi connectivity index (χ1n) is 6.19. The minimum Gasteiger partial charge on any atom is -0.481 e. The Kier molecular flexibility index (Phi) is 4.20. The maximum Gasteiger partial charge on any atom is 0.303 e. The van der Waals surface area contributed by atoms with Crippen LogP contribution in [0.4, 0.5) is 0 Å². The predicted molar refractivity (Wildman–Crippen MR) is 63.6 cm³/mol. The van der Waals surface area contributed by atoms with Crippen LogP contribution in [-0.2, 0) is 11.3 Å². The Balaban J connectivity index is 1.78. The zero-order valence-electron chi connectivity index (χ0n) is 9.97. The fraction of sp³-hybridized carbons (Fsp3) is 0.615. The SMILES string of the molecule is O=C(O)CCC1CCCN(Cc2ccoc2)C1. The normalized spacial score (nSPS) is 21.5. The smallest absolute Gasteiger partial charge is 0.303 e. The molecule has 1 fully saturated rings. The van der Waals surface area contributed by atoms with Gasteiger partial charge >= 0.3 is 5.97 Å². The van der Waals surface area contributed by atoms with Crippen LogP contribution in [0, 0.1) is 5.92 Å². The van der Waals surface area contributed by atoms with E-state index in [-0.39, 0.29) is 0 Å². The molecule has 0 spiro atoms. The lowest BCUT2D eigenvalue weighted by Gasteiger charge is -2.32.